The molecule has 2 fully saturated rings. The Morgan fingerprint density at radius 1 is 1.44 bits per heavy atom. The third-order valence-corrected chi connectivity index (χ3v) is 4.86. The lowest BCUT2D eigenvalue weighted by Crippen LogP contribution is -2.38. The van der Waals surface area contributed by atoms with E-state index in [-0.39, 0.29) is 17.2 Å². The molecule has 98 valence electrons. The molecule has 0 bridgehead atoms. The average molecular weight is 265 g/mol. The second-order valence-electron chi connectivity index (χ2n) is 5.40. The van der Waals surface area contributed by atoms with Gasteiger partial charge in [-0.3, -0.25) is 4.79 Å². The van der Waals surface area contributed by atoms with Crippen molar-refractivity contribution in [3.63, 3.8) is 0 Å². The van der Waals surface area contributed by atoms with Crippen LogP contribution in [0.3, 0.4) is 0 Å². The maximum absolute atomic E-state index is 12.1. The first kappa shape index (κ1) is 12.2. The molecular weight excluding hydrogens is 246 g/mol. The summed E-state index contributed by atoms with van der Waals surface area (Å²) >= 11 is 1.74. The molecule has 0 aromatic carbocycles. The lowest BCUT2D eigenvalue weighted by Gasteiger charge is -2.23. The Hall–Kier alpha value is -0.870. The van der Waals surface area contributed by atoms with E-state index in [1.165, 1.54) is 18.4 Å². The van der Waals surface area contributed by atoms with Crippen LogP contribution in [0.25, 0.3) is 0 Å². The van der Waals surface area contributed by atoms with Crippen molar-refractivity contribution in [2.45, 2.75) is 31.1 Å². The normalized spacial score (nSPS) is 22.7. The first-order valence-electron chi connectivity index (χ1n) is 6.68. The van der Waals surface area contributed by atoms with Crippen LogP contribution in [-0.4, -0.2) is 25.7 Å². The minimum absolute atomic E-state index is 0.164. The Labute approximate surface area is 112 Å². The second-order valence-corrected chi connectivity index (χ2v) is 6.18. The zero-order valence-electron chi connectivity index (χ0n) is 10.5. The first-order chi connectivity index (χ1) is 8.80. The second kappa shape index (κ2) is 5.02. The van der Waals surface area contributed by atoms with Gasteiger partial charge in [-0.15, -0.1) is 0 Å². The van der Waals surface area contributed by atoms with E-state index in [1.807, 2.05) is 0 Å². The molecule has 2 heterocycles. The number of thiophene rings is 1. The molecule has 4 heteroatoms. The number of ether oxygens (including phenoxy) is 1. The summed E-state index contributed by atoms with van der Waals surface area (Å²) in [6, 6.07) is 2.19. The van der Waals surface area contributed by atoms with Gasteiger partial charge in [0.2, 0.25) is 5.91 Å². The number of amides is 1. The van der Waals surface area contributed by atoms with E-state index >= 15 is 0 Å². The average Bonchev–Trinajstić information content (AvgIpc) is 3.00. The molecule has 0 unspecified atom stereocenters. The minimum Gasteiger partial charge on any atom is -0.381 e. The first-order valence-corrected chi connectivity index (χ1v) is 7.63. The smallest absolute Gasteiger partial charge is 0.223 e. The van der Waals surface area contributed by atoms with Crippen LogP contribution in [0.1, 0.15) is 31.2 Å². The molecule has 1 aromatic rings. The molecule has 1 saturated carbocycles. The lowest BCUT2D eigenvalue weighted by molar-refractivity contribution is -0.127. The molecule has 0 atom stereocenters. The highest BCUT2D eigenvalue weighted by molar-refractivity contribution is 7.08. The maximum atomic E-state index is 12.1. The standard InChI is InChI=1S/C14H19NO2S/c16-13(11-1-6-17-7-2-11)15-10-14(4-5-14)12-3-8-18-9-12/h3,8-9,11H,1-2,4-7,10H2,(H,15,16). The van der Waals surface area contributed by atoms with Gasteiger partial charge in [0.1, 0.15) is 0 Å². The fourth-order valence-corrected chi connectivity index (χ4v) is 3.42. The van der Waals surface area contributed by atoms with Crippen molar-refractivity contribution in [3.8, 4) is 0 Å². The minimum atomic E-state index is 0.164. The Kier molecular flexibility index (Phi) is 3.39. The number of hydrogen-bond acceptors (Lipinski definition) is 3. The van der Waals surface area contributed by atoms with Crippen LogP contribution < -0.4 is 5.32 Å². The predicted octanol–water partition coefficient (Wildman–Crippen LogP) is 2.32. The number of hydrogen-bond donors (Lipinski definition) is 1. The topological polar surface area (TPSA) is 38.3 Å². The van der Waals surface area contributed by atoms with Gasteiger partial charge in [-0.25, -0.2) is 0 Å². The SMILES string of the molecule is O=C(NCC1(c2ccsc2)CC1)C1CCOCC1. The highest BCUT2D eigenvalue weighted by Crippen LogP contribution is 2.48. The van der Waals surface area contributed by atoms with Crippen LogP contribution in [-0.2, 0) is 14.9 Å². The van der Waals surface area contributed by atoms with Crippen LogP contribution in [0.4, 0.5) is 0 Å². The van der Waals surface area contributed by atoms with Crippen molar-refractivity contribution < 1.29 is 9.53 Å². The third-order valence-electron chi connectivity index (χ3n) is 4.18. The lowest BCUT2D eigenvalue weighted by atomic mass is 9.96. The van der Waals surface area contributed by atoms with Crippen LogP contribution in [0.5, 0.6) is 0 Å². The maximum Gasteiger partial charge on any atom is 0.223 e. The third kappa shape index (κ3) is 2.45. The van der Waals surface area contributed by atoms with Gasteiger partial charge in [-0.05, 0) is 48.1 Å². The zero-order chi connectivity index (χ0) is 12.4. The van der Waals surface area contributed by atoms with Gasteiger partial charge in [-0.1, -0.05) is 0 Å². The van der Waals surface area contributed by atoms with E-state index in [0.717, 1.165) is 32.6 Å². The number of carbonyl (C=O) groups is 1. The summed E-state index contributed by atoms with van der Waals surface area (Å²) in [5.74, 6) is 0.386. The Morgan fingerprint density at radius 2 is 2.22 bits per heavy atom. The van der Waals surface area contributed by atoms with Crippen LogP contribution in [0.2, 0.25) is 0 Å². The predicted molar refractivity (Wildman–Crippen MR) is 71.8 cm³/mol. The number of rotatable bonds is 4. The van der Waals surface area contributed by atoms with Crippen LogP contribution in [0.15, 0.2) is 16.8 Å². The van der Waals surface area contributed by atoms with Gasteiger partial charge in [0.15, 0.2) is 0 Å². The molecule has 0 radical (unpaired) electrons. The highest BCUT2D eigenvalue weighted by atomic mass is 32.1. The Morgan fingerprint density at radius 3 is 2.83 bits per heavy atom. The van der Waals surface area contributed by atoms with E-state index in [2.05, 4.69) is 22.1 Å². The van der Waals surface area contributed by atoms with Crippen LogP contribution >= 0.6 is 11.3 Å². The van der Waals surface area contributed by atoms with E-state index in [0.29, 0.717) is 0 Å². The number of carbonyl (C=O) groups excluding carboxylic acids is 1. The molecule has 1 N–H and O–H groups in total. The summed E-state index contributed by atoms with van der Waals surface area (Å²) < 4.78 is 5.29. The zero-order valence-corrected chi connectivity index (χ0v) is 11.3. The van der Waals surface area contributed by atoms with E-state index in [4.69, 9.17) is 4.74 Å². The molecule has 2 aliphatic rings. The van der Waals surface area contributed by atoms with Crippen molar-refractivity contribution in [2.75, 3.05) is 19.8 Å². The van der Waals surface area contributed by atoms with Crippen molar-refractivity contribution >= 4 is 17.2 Å². The number of nitrogens with one attached hydrogen (secondary N) is 1. The largest absolute Gasteiger partial charge is 0.381 e. The molecule has 1 aliphatic carbocycles. The van der Waals surface area contributed by atoms with Gasteiger partial charge >= 0.3 is 0 Å². The van der Waals surface area contributed by atoms with Crippen molar-refractivity contribution in [1.29, 1.82) is 0 Å². The Bertz CT molecular complexity index is 405. The molecule has 1 saturated heterocycles. The highest BCUT2D eigenvalue weighted by Gasteiger charge is 2.44. The Balaban J connectivity index is 1.53. The fourth-order valence-electron chi connectivity index (χ4n) is 2.65. The van der Waals surface area contributed by atoms with Gasteiger partial charge < -0.3 is 10.1 Å². The summed E-state index contributed by atoms with van der Waals surface area (Å²) in [6.45, 7) is 2.27. The molecule has 0 spiro atoms. The van der Waals surface area contributed by atoms with Crippen molar-refractivity contribution in [3.05, 3.63) is 22.4 Å². The van der Waals surface area contributed by atoms with Gasteiger partial charge in [0.05, 0.1) is 0 Å². The molecule has 3 rings (SSSR count). The quantitative estimate of drug-likeness (QED) is 0.907. The summed E-state index contributed by atoms with van der Waals surface area (Å²) in [4.78, 5) is 12.1. The van der Waals surface area contributed by atoms with Gasteiger partial charge in [-0.2, -0.15) is 11.3 Å². The summed E-state index contributed by atoms with van der Waals surface area (Å²) in [5.41, 5.74) is 1.65. The summed E-state index contributed by atoms with van der Waals surface area (Å²) in [5, 5.41) is 7.49. The van der Waals surface area contributed by atoms with Gasteiger partial charge in [0.25, 0.3) is 0 Å². The molecule has 1 aromatic heterocycles. The molecule has 1 amide bonds. The van der Waals surface area contributed by atoms with Gasteiger partial charge in [0, 0.05) is 31.1 Å². The van der Waals surface area contributed by atoms with Crippen molar-refractivity contribution in [2.24, 2.45) is 5.92 Å². The van der Waals surface area contributed by atoms with Crippen molar-refractivity contribution in [1.82, 2.24) is 5.32 Å². The summed E-state index contributed by atoms with van der Waals surface area (Å²) in [7, 11) is 0. The summed E-state index contributed by atoms with van der Waals surface area (Å²) in [6.07, 6.45) is 4.16. The van der Waals surface area contributed by atoms with E-state index < -0.39 is 0 Å². The molecule has 18 heavy (non-hydrogen) atoms. The van der Waals surface area contributed by atoms with E-state index in [9.17, 15) is 4.79 Å². The fraction of sp³-hybridized carbons (Fsp3) is 0.643. The van der Waals surface area contributed by atoms with Crippen LogP contribution in [0, 0.1) is 5.92 Å². The van der Waals surface area contributed by atoms with E-state index in [1.54, 1.807) is 11.3 Å². The molecule has 1 aliphatic heterocycles. The molecular formula is C14H19NO2S. The molecule has 3 nitrogen and oxygen atoms in total. The monoisotopic (exact) mass is 265 g/mol.